The maximum Gasteiger partial charge on any atom is 0.256 e. The summed E-state index contributed by atoms with van der Waals surface area (Å²) in [6.45, 7) is 11.1. The van der Waals surface area contributed by atoms with Gasteiger partial charge in [-0.15, -0.1) is 11.8 Å². The van der Waals surface area contributed by atoms with Crippen molar-refractivity contribution >= 4 is 29.5 Å². The highest BCUT2D eigenvalue weighted by atomic mass is 32.2. The average molecular weight is 459 g/mol. The lowest BCUT2D eigenvalue weighted by Crippen LogP contribution is -2.60. The fraction of sp³-hybridized carbons (Fsp3) is 0.625. The van der Waals surface area contributed by atoms with Crippen LogP contribution in [0, 0.1) is 5.92 Å². The highest BCUT2D eigenvalue weighted by Gasteiger charge is 2.57. The standard InChI is InChI=1S/C24H34N4O3S/c1-6-15(2)18(22(31)27-13-11-26(5)12-14-27)25-20(29)19-24(3,4)32-23-17-10-8-7-9-16(17)21(30)28(19)23/h7-10,15,18-19,23H,6,11-14H2,1-5H3,(H,25,29)/t15-,18-,19-,23-/m0/s1. The molecule has 1 aromatic rings. The lowest BCUT2D eigenvalue weighted by molar-refractivity contribution is -0.140. The van der Waals surface area contributed by atoms with Crippen LogP contribution in [-0.4, -0.2) is 82.5 Å². The second kappa shape index (κ2) is 8.71. The monoisotopic (exact) mass is 458 g/mol. The Kier molecular flexibility index (Phi) is 6.29. The van der Waals surface area contributed by atoms with Crippen LogP contribution in [0.5, 0.6) is 0 Å². The molecule has 1 N–H and O–H groups in total. The van der Waals surface area contributed by atoms with Gasteiger partial charge in [-0.05, 0) is 38.4 Å². The summed E-state index contributed by atoms with van der Waals surface area (Å²) < 4.78 is -0.463. The number of amides is 3. The van der Waals surface area contributed by atoms with Crippen LogP contribution in [0.4, 0.5) is 0 Å². The van der Waals surface area contributed by atoms with E-state index < -0.39 is 16.8 Å². The summed E-state index contributed by atoms with van der Waals surface area (Å²) in [5, 5.41) is 2.92. The number of fused-ring (bicyclic) bond motifs is 3. The van der Waals surface area contributed by atoms with Crippen molar-refractivity contribution in [3.8, 4) is 0 Å². The maximum atomic E-state index is 13.7. The van der Waals surface area contributed by atoms with Crippen molar-refractivity contribution in [1.82, 2.24) is 20.0 Å². The summed E-state index contributed by atoms with van der Waals surface area (Å²) >= 11 is 1.64. The van der Waals surface area contributed by atoms with Crippen molar-refractivity contribution < 1.29 is 14.4 Å². The third kappa shape index (κ3) is 3.92. The highest BCUT2D eigenvalue weighted by molar-refractivity contribution is 8.01. The number of hydrogen-bond donors (Lipinski definition) is 1. The van der Waals surface area contributed by atoms with Crippen molar-refractivity contribution in [2.45, 2.75) is 56.3 Å². The minimum Gasteiger partial charge on any atom is -0.342 e. The number of benzene rings is 1. The van der Waals surface area contributed by atoms with E-state index in [2.05, 4.69) is 17.3 Å². The highest BCUT2D eigenvalue weighted by Crippen LogP contribution is 2.56. The summed E-state index contributed by atoms with van der Waals surface area (Å²) in [6.07, 6.45) is 0.782. The fourth-order valence-corrected chi connectivity index (χ4v) is 6.53. The SMILES string of the molecule is CC[C@H](C)[C@H](NC(=O)[C@@H]1N2C(=O)c3ccccc3[C@@H]2SC1(C)C)C(=O)N1CCN(C)CC1. The van der Waals surface area contributed by atoms with Crippen molar-refractivity contribution in [1.29, 1.82) is 0 Å². The molecule has 0 radical (unpaired) electrons. The minimum atomic E-state index is -0.635. The summed E-state index contributed by atoms with van der Waals surface area (Å²) in [5.74, 6) is -0.351. The van der Waals surface area contributed by atoms with Gasteiger partial charge in [0.1, 0.15) is 17.5 Å². The third-order valence-corrected chi connectivity index (χ3v) is 8.67. The smallest absolute Gasteiger partial charge is 0.256 e. The number of piperazine rings is 1. The summed E-state index contributed by atoms with van der Waals surface area (Å²) in [6, 6.07) is 6.37. The van der Waals surface area contributed by atoms with E-state index in [9.17, 15) is 14.4 Å². The van der Waals surface area contributed by atoms with Gasteiger partial charge in [0, 0.05) is 36.5 Å². The molecule has 3 aliphatic rings. The molecular formula is C24H34N4O3S. The zero-order chi connectivity index (χ0) is 23.2. The van der Waals surface area contributed by atoms with E-state index in [1.165, 1.54) is 0 Å². The average Bonchev–Trinajstić information content (AvgIpc) is 3.20. The molecular weight excluding hydrogens is 424 g/mol. The van der Waals surface area contributed by atoms with Crippen molar-refractivity contribution in [3.63, 3.8) is 0 Å². The zero-order valence-corrected chi connectivity index (χ0v) is 20.4. The van der Waals surface area contributed by atoms with Gasteiger partial charge in [-0.1, -0.05) is 38.5 Å². The quantitative estimate of drug-likeness (QED) is 0.733. The van der Waals surface area contributed by atoms with Crippen LogP contribution in [0.15, 0.2) is 24.3 Å². The number of hydrogen-bond acceptors (Lipinski definition) is 5. The van der Waals surface area contributed by atoms with Crippen molar-refractivity contribution in [2.75, 3.05) is 33.2 Å². The summed E-state index contributed by atoms with van der Waals surface area (Å²) in [5.41, 5.74) is 1.64. The van der Waals surface area contributed by atoms with Gasteiger partial charge in [0.25, 0.3) is 5.91 Å². The van der Waals surface area contributed by atoms with Crippen LogP contribution in [0.2, 0.25) is 0 Å². The Bertz CT molecular complexity index is 912. The first-order valence-corrected chi connectivity index (χ1v) is 12.4. The molecule has 2 saturated heterocycles. The molecule has 174 valence electrons. The van der Waals surface area contributed by atoms with E-state index in [1.807, 2.05) is 56.9 Å². The van der Waals surface area contributed by atoms with E-state index in [0.29, 0.717) is 18.7 Å². The van der Waals surface area contributed by atoms with Gasteiger partial charge in [0.05, 0.1) is 0 Å². The Morgan fingerprint density at radius 2 is 1.84 bits per heavy atom. The predicted octanol–water partition coefficient (Wildman–Crippen LogP) is 2.34. The molecule has 3 amide bonds. The van der Waals surface area contributed by atoms with Gasteiger partial charge in [-0.25, -0.2) is 0 Å². The van der Waals surface area contributed by atoms with Gasteiger partial charge in [-0.3, -0.25) is 14.4 Å². The molecule has 4 rings (SSSR count). The van der Waals surface area contributed by atoms with E-state index in [4.69, 9.17) is 0 Å². The fourth-order valence-electron chi connectivity index (χ4n) is 4.94. The maximum absolute atomic E-state index is 13.7. The lowest BCUT2D eigenvalue weighted by Gasteiger charge is -2.37. The Labute approximate surface area is 194 Å². The molecule has 0 aliphatic carbocycles. The number of nitrogens with one attached hydrogen (secondary N) is 1. The lowest BCUT2D eigenvalue weighted by atomic mass is 9.95. The van der Waals surface area contributed by atoms with Crippen LogP contribution in [0.25, 0.3) is 0 Å². The minimum absolute atomic E-state index is 0.00514. The van der Waals surface area contributed by atoms with Gasteiger partial charge in [0.2, 0.25) is 11.8 Å². The normalized spacial score (nSPS) is 26.5. The Morgan fingerprint density at radius 1 is 1.19 bits per heavy atom. The van der Waals surface area contributed by atoms with Crippen LogP contribution in [0.1, 0.15) is 55.4 Å². The molecule has 2 fully saturated rings. The van der Waals surface area contributed by atoms with Crippen LogP contribution < -0.4 is 5.32 Å². The summed E-state index contributed by atoms with van der Waals surface area (Å²) in [7, 11) is 2.05. The molecule has 3 aliphatic heterocycles. The van der Waals surface area contributed by atoms with Gasteiger partial charge >= 0.3 is 0 Å². The second-order valence-corrected chi connectivity index (χ2v) is 11.5. The number of likely N-dealkylation sites (N-methyl/N-ethyl adjacent to an activating group) is 1. The van der Waals surface area contributed by atoms with Gasteiger partial charge in [0.15, 0.2) is 0 Å². The molecule has 32 heavy (non-hydrogen) atoms. The molecule has 0 unspecified atom stereocenters. The molecule has 3 heterocycles. The van der Waals surface area contributed by atoms with E-state index >= 15 is 0 Å². The van der Waals surface area contributed by atoms with Gasteiger partial charge < -0.3 is 20.0 Å². The number of rotatable bonds is 5. The third-order valence-electron chi connectivity index (χ3n) is 7.14. The first kappa shape index (κ1) is 23.1. The Hall–Kier alpha value is -2.06. The predicted molar refractivity (Wildman–Crippen MR) is 126 cm³/mol. The number of thioether (sulfide) groups is 1. The van der Waals surface area contributed by atoms with Crippen LogP contribution >= 0.6 is 11.8 Å². The van der Waals surface area contributed by atoms with E-state index in [-0.39, 0.29) is 29.0 Å². The second-order valence-electron chi connectivity index (χ2n) is 9.78. The Morgan fingerprint density at radius 3 is 2.50 bits per heavy atom. The molecule has 0 bridgehead atoms. The van der Waals surface area contributed by atoms with E-state index in [1.54, 1.807) is 16.7 Å². The van der Waals surface area contributed by atoms with Crippen LogP contribution in [-0.2, 0) is 9.59 Å². The Balaban J connectivity index is 1.56. The first-order valence-electron chi connectivity index (χ1n) is 11.5. The van der Waals surface area contributed by atoms with E-state index in [0.717, 1.165) is 25.1 Å². The van der Waals surface area contributed by atoms with Crippen molar-refractivity contribution in [3.05, 3.63) is 35.4 Å². The summed E-state index contributed by atoms with van der Waals surface area (Å²) in [4.78, 5) is 46.1. The number of carbonyl (C=O) groups excluding carboxylic acids is 3. The molecule has 4 atom stereocenters. The van der Waals surface area contributed by atoms with Crippen LogP contribution in [0.3, 0.4) is 0 Å². The zero-order valence-electron chi connectivity index (χ0n) is 19.6. The molecule has 0 spiro atoms. The topological polar surface area (TPSA) is 73.0 Å². The van der Waals surface area contributed by atoms with Crippen molar-refractivity contribution in [2.24, 2.45) is 5.92 Å². The first-order chi connectivity index (χ1) is 15.2. The molecule has 0 saturated carbocycles. The largest absolute Gasteiger partial charge is 0.342 e. The van der Waals surface area contributed by atoms with Gasteiger partial charge in [-0.2, -0.15) is 0 Å². The molecule has 8 heteroatoms. The number of nitrogens with zero attached hydrogens (tertiary/aromatic N) is 3. The number of carbonyl (C=O) groups is 3. The molecule has 1 aromatic carbocycles. The molecule has 0 aromatic heterocycles. The molecule has 7 nitrogen and oxygen atoms in total.